The first-order valence-corrected chi connectivity index (χ1v) is 10.7. The van der Waals surface area contributed by atoms with E-state index in [2.05, 4.69) is 31.1 Å². The van der Waals surface area contributed by atoms with Gasteiger partial charge in [0, 0.05) is 17.7 Å². The van der Waals surface area contributed by atoms with Gasteiger partial charge in [-0.15, -0.1) is 10.2 Å². The number of aromatic nitrogens is 5. The molecule has 0 radical (unpaired) electrons. The normalized spacial score (nSPS) is 12.5. The molecule has 0 aliphatic heterocycles. The van der Waals surface area contributed by atoms with Crippen LogP contribution >= 0.6 is 15.9 Å². The Morgan fingerprint density at radius 3 is 2.68 bits per heavy atom. The fourth-order valence-corrected chi connectivity index (χ4v) is 4.61. The van der Waals surface area contributed by atoms with Crippen LogP contribution in [0.5, 0.6) is 0 Å². The SMILES string of the molecule is CCS(=O)(=O)c1cc2c(Br)cccn2c1-c1nc2cc(C(F)F)nnc2n1C. The molecular formula is C17H14BrF2N5O2S. The number of sulfone groups is 1. The molecule has 0 aliphatic rings. The Balaban J connectivity index is 2.10. The maximum atomic E-state index is 13.0. The van der Waals surface area contributed by atoms with E-state index in [1.54, 1.807) is 47.3 Å². The van der Waals surface area contributed by atoms with Crippen LogP contribution in [0, 0.1) is 0 Å². The molecule has 146 valence electrons. The highest BCUT2D eigenvalue weighted by atomic mass is 79.9. The lowest BCUT2D eigenvalue weighted by molar-refractivity contribution is 0.145. The molecule has 0 N–H and O–H groups in total. The zero-order valence-electron chi connectivity index (χ0n) is 14.8. The molecule has 4 aromatic rings. The van der Waals surface area contributed by atoms with Crippen molar-refractivity contribution < 1.29 is 17.2 Å². The van der Waals surface area contributed by atoms with E-state index in [0.29, 0.717) is 21.5 Å². The van der Waals surface area contributed by atoms with Crippen molar-refractivity contribution in [2.45, 2.75) is 18.2 Å². The molecule has 0 spiro atoms. The summed E-state index contributed by atoms with van der Waals surface area (Å²) in [6.45, 7) is 1.56. The maximum absolute atomic E-state index is 13.0. The molecule has 0 aliphatic carbocycles. The highest BCUT2D eigenvalue weighted by Crippen LogP contribution is 2.35. The van der Waals surface area contributed by atoms with E-state index in [1.165, 1.54) is 0 Å². The summed E-state index contributed by atoms with van der Waals surface area (Å²) in [7, 11) is -1.94. The van der Waals surface area contributed by atoms with E-state index >= 15 is 0 Å². The van der Waals surface area contributed by atoms with Gasteiger partial charge in [0.25, 0.3) is 6.43 Å². The number of hydrogen-bond acceptors (Lipinski definition) is 5. The lowest BCUT2D eigenvalue weighted by atomic mass is 10.4. The van der Waals surface area contributed by atoms with Crippen LogP contribution in [0.4, 0.5) is 8.78 Å². The van der Waals surface area contributed by atoms with E-state index in [1.807, 2.05) is 0 Å². The summed E-state index contributed by atoms with van der Waals surface area (Å²) in [5.41, 5.74) is 1.01. The average molecular weight is 470 g/mol. The highest BCUT2D eigenvalue weighted by molar-refractivity contribution is 9.10. The van der Waals surface area contributed by atoms with E-state index in [0.717, 1.165) is 6.07 Å². The molecule has 0 atom stereocenters. The van der Waals surface area contributed by atoms with Gasteiger partial charge >= 0.3 is 0 Å². The van der Waals surface area contributed by atoms with Crippen LogP contribution in [0.3, 0.4) is 0 Å². The third-order valence-corrected chi connectivity index (χ3v) is 6.92. The zero-order valence-corrected chi connectivity index (χ0v) is 17.2. The van der Waals surface area contributed by atoms with E-state index in [-0.39, 0.29) is 21.8 Å². The molecule has 0 saturated carbocycles. The maximum Gasteiger partial charge on any atom is 0.282 e. The molecule has 0 unspecified atom stereocenters. The van der Waals surface area contributed by atoms with Crippen LogP contribution in [0.25, 0.3) is 28.2 Å². The van der Waals surface area contributed by atoms with Gasteiger partial charge in [-0.2, -0.15) is 0 Å². The Kier molecular flexibility index (Phi) is 4.46. The van der Waals surface area contributed by atoms with Crippen molar-refractivity contribution in [2.75, 3.05) is 5.75 Å². The largest absolute Gasteiger partial charge is 0.312 e. The highest BCUT2D eigenvalue weighted by Gasteiger charge is 2.27. The minimum atomic E-state index is -3.58. The van der Waals surface area contributed by atoms with Crippen LogP contribution < -0.4 is 0 Å². The summed E-state index contributed by atoms with van der Waals surface area (Å²) >= 11 is 3.44. The number of aryl methyl sites for hydroxylation is 1. The molecule has 0 bridgehead atoms. The smallest absolute Gasteiger partial charge is 0.282 e. The molecule has 28 heavy (non-hydrogen) atoms. The number of rotatable bonds is 4. The quantitative estimate of drug-likeness (QED) is 0.454. The topological polar surface area (TPSA) is 82.2 Å². The summed E-state index contributed by atoms with van der Waals surface area (Å²) in [5, 5.41) is 7.38. The van der Waals surface area contributed by atoms with Gasteiger partial charge in [0.15, 0.2) is 21.3 Å². The van der Waals surface area contributed by atoms with Gasteiger partial charge in [-0.05, 0) is 40.2 Å². The summed E-state index contributed by atoms with van der Waals surface area (Å²) in [4.78, 5) is 4.53. The molecule has 0 amide bonds. The summed E-state index contributed by atoms with van der Waals surface area (Å²) < 4.78 is 55.4. The number of halogens is 3. The molecule has 11 heteroatoms. The van der Waals surface area contributed by atoms with Gasteiger partial charge in [-0.3, -0.25) is 0 Å². The van der Waals surface area contributed by atoms with Crippen molar-refractivity contribution in [2.24, 2.45) is 7.05 Å². The molecule has 0 saturated heterocycles. The average Bonchev–Trinajstić information content (AvgIpc) is 3.21. The standard InChI is InChI=1S/C17H14BrF2N5O2S/c1-3-28(26,27)13-8-12-9(18)5-4-6-25(12)14(13)17-21-11-7-10(15(19)20)22-23-16(11)24(17)2/h4-8,15H,3H2,1-2H3. The summed E-state index contributed by atoms with van der Waals surface area (Å²) in [6.07, 6.45) is -1.05. The molecule has 4 aromatic heterocycles. The Bertz CT molecular complexity index is 1330. The first-order chi connectivity index (χ1) is 13.2. The van der Waals surface area contributed by atoms with E-state index in [4.69, 9.17) is 0 Å². The van der Waals surface area contributed by atoms with E-state index in [9.17, 15) is 17.2 Å². The Hall–Kier alpha value is -2.40. The van der Waals surface area contributed by atoms with Crippen molar-refractivity contribution in [3.63, 3.8) is 0 Å². The Labute approximate surface area is 167 Å². The van der Waals surface area contributed by atoms with Crippen molar-refractivity contribution in [1.82, 2.24) is 24.1 Å². The third-order valence-electron chi connectivity index (χ3n) is 4.51. The van der Waals surface area contributed by atoms with Crippen LogP contribution in [-0.4, -0.2) is 38.3 Å². The summed E-state index contributed by atoms with van der Waals surface area (Å²) in [6, 6.07) is 6.31. The van der Waals surface area contributed by atoms with Crippen LogP contribution in [0.1, 0.15) is 19.0 Å². The number of imidazole rings is 1. The Morgan fingerprint density at radius 1 is 1.25 bits per heavy atom. The second-order valence-electron chi connectivity index (χ2n) is 6.15. The van der Waals surface area contributed by atoms with Gasteiger partial charge in [-0.25, -0.2) is 22.2 Å². The van der Waals surface area contributed by atoms with E-state index < -0.39 is 22.0 Å². The number of hydrogen-bond donors (Lipinski definition) is 0. The van der Waals surface area contributed by atoms with Crippen molar-refractivity contribution in [3.8, 4) is 11.5 Å². The van der Waals surface area contributed by atoms with Gasteiger partial charge < -0.3 is 8.97 Å². The molecular weight excluding hydrogens is 456 g/mol. The van der Waals surface area contributed by atoms with Gasteiger partial charge in [0.2, 0.25) is 0 Å². The zero-order chi connectivity index (χ0) is 20.2. The second-order valence-corrected chi connectivity index (χ2v) is 9.25. The fourth-order valence-electron chi connectivity index (χ4n) is 3.07. The molecule has 7 nitrogen and oxygen atoms in total. The first-order valence-electron chi connectivity index (χ1n) is 8.25. The predicted octanol–water partition coefficient (Wildman–Crippen LogP) is 3.78. The van der Waals surface area contributed by atoms with Crippen molar-refractivity contribution in [3.05, 3.63) is 40.6 Å². The number of nitrogens with zero attached hydrogens (tertiary/aromatic N) is 5. The fraction of sp³-hybridized carbons (Fsp3) is 0.235. The van der Waals surface area contributed by atoms with Gasteiger partial charge in [0.05, 0.1) is 16.2 Å². The van der Waals surface area contributed by atoms with Crippen molar-refractivity contribution >= 4 is 42.4 Å². The molecule has 4 rings (SSSR count). The minimum Gasteiger partial charge on any atom is -0.312 e. The van der Waals surface area contributed by atoms with Gasteiger partial charge in [-0.1, -0.05) is 6.92 Å². The number of alkyl halides is 2. The summed E-state index contributed by atoms with van der Waals surface area (Å²) in [5.74, 6) is 0.203. The minimum absolute atomic E-state index is 0.0895. The van der Waals surface area contributed by atoms with Gasteiger partial charge in [0.1, 0.15) is 16.9 Å². The van der Waals surface area contributed by atoms with Crippen LogP contribution in [0.2, 0.25) is 0 Å². The lowest BCUT2D eigenvalue weighted by Gasteiger charge is -2.07. The molecule has 4 heterocycles. The monoisotopic (exact) mass is 469 g/mol. The lowest BCUT2D eigenvalue weighted by Crippen LogP contribution is -2.07. The second kappa shape index (κ2) is 6.59. The Morgan fingerprint density at radius 2 is 2.00 bits per heavy atom. The van der Waals surface area contributed by atoms with Crippen molar-refractivity contribution in [1.29, 1.82) is 0 Å². The first kappa shape index (κ1) is 18.9. The predicted molar refractivity (Wildman–Crippen MR) is 103 cm³/mol. The molecule has 0 fully saturated rings. The van der Waals surface area contributed by atoms with Crippen LogP contribution in [0.15, 0.2) is 39.8 Å². The number of pyridine rings is 1. The molecule has 0 aromatic carbocycles. The van der Waals surface area contributed by atoms with Crippen LogP contribution in [-0.2, 0) is 16.9 Å². The number of fused-ring (bicyclic) bond motifs is 2. The third kappa shape index (κ3) is 2.80.